The van der Waals surface area contributed by atoms with E-state index in [0.29, 0.717) is 22.1 Å². The Kier molecular flexibility index (Phi) is 3.88. The van der Waals surface area contributed by atoms with E-state index in [1.807, 2.05) is 6.07 Å². The number of ether oxygens (including phenoxy) is 1. The smallest absolute Gasteiger partial charge is 0.143 e. The van der Waals surface area contributed by atoms with Crippen LogP contribution in [0, 0.1) is 17.1 Å². The van der Waals surface area contributed by atoms with Gasteiger partial charge in [0.25, 0.3) is 0 Å². The highest BCUT2D eigenvalue weighted by Gasteiger charge is 2.10. The molecule has 3 nitrogen and oxygen atoms in total. The highest BCUT2D eigenvalue weighted by molar-refractivity contribution is 6.31. The topological polar surface area (TPSA) is 45.0 Å². The molecule has 0 fully saturated rings. The lowest BCUT2D eigenvalue weighted by Crippen LogP contribution is -1.98. The number of nitriles is 1. The van der Waals surface area contributed by atoms with E-state index in [9.17, 15) is 4.39 Å². The van der Waals surface area contributed by atoms with Crippen molar-refractivity contribution < 1.29 is 9.13 Å². The Balaban J connectivity index is 2.45. The molecule has 1 N–H and O–H groups in total. The molecule has 0 unspecified atom stereocenters. The van der Waals surface area contributed by atoms with E-state index in [1.54, 1.807) is 24.3 Å². The fourth-order valence-electron chi connectivity index (χ4n) is 1.66. The molecule has 0 atom stereocenters. The summed E-state index contributed by atoms with van der Waals surface area (Å²) >= 11 is 5.91. The maximum Gasteiger partial charge on any atom is 0.143 e. The third-order valence-electron chi connectivity index (χ3n) is 2.56. The minimum Gasteiger partial charge on any atom is -0.495 e. The van der Waals surface area contributed by atoms with Crippen LogP contribution >= 0.6 is 11.6 Å². The zero-order valence-corrected chi connectivity index (χ0v) is 10.8. The molecule has 96 valence electrons. The van der Waals surface area contributed by atoms with Gasteiger partial charge in [-0.05, 0) is 30.3 Å². The summed E-state index contributed by atoms with van der Waals surface area (Å²) in [5.74, 6) is -0.0222. The lowest BCUT2D eigenvalue weighted by atomic mass is 10.1. The van der Waals surface area contributed by atoms with E-state index in [1.165, 1.54) is 19.2 Å². The Hall–Kier alpha value is -2.25. The largest absolute Gasteiger partial charge is 0.495 e. The van der Waals surface area contributed by atoms with Crippen LogP contribution in [0.1, 0.15) is 5.56 Å². The first-order chi connectivity index (χ1) is 9.15. The van der Waals surface area contributed by atoms with Crippen LogP contribution in [-0.2, 0) is 0 Å². The Morgan fingerprint density at radius 3 is 2.74 bits per heavy atom. The van der Waals surface area contributed by atoms with Crippen LogP contribution in [0.2, 0.25) is 5.02 Å². The van der Waals surface area contributed by atoms with Crippen molar-refractivity contribution in [3.63, 3.8) is 0 Å². The molecular formula is C14H10ClFN2O. The minimum absolute atomic E-state index is 0.0514. The van der Waals surface area contributed by atoms with Gasteiger partial charge in [-0.15, -0.1) is 0 Å². The lowest BCUT2D eigenvalue weighted by molar-refractivity contribution is 0.417. The maximum absolute atomic E-state index is 13.5. The first kappa shape index (κ1) is 13.2. The second-order valence-corrected chi connectivity index (χ2v) is 4.18. The molecule has 0 aliphatic rings. The highest BCUT2D eigenvalue weighted by Crippen LogP contribution is 2.31. The van der Waals surface area contributed by atoms with Gasteiger partial charge in [0, 0.05) is 5.02 Å². The Morgan fingerprint density at radius 2 is 2.05 bits per heavy atom. The number of methoxy groups -OCH3 is 1. The molecule has 0 spiro atoms. The Morgan fingerprint density at radius 1 is 1.26 bits per heavy atom. The third kappa shape index (κ3) is 2.78. The molecule has 2 aromatic rings. The summed E-state index contributed by atoms with van der Waals surface area (Å²) in [4.78, 5) is 0. The molecule has 0 saturated carbocycles. The molecule has 0 aliphatic carbocycles. The van der Waals surface area contributed by atoms with Gasteiger partial charge in [0.1, 0.15) is 23.2 Å². The predicted octanol–water partition coefficient (Wildman–Crippen LogP) is 4.10. The van der Waals surface area contributed by atoms with Crippen LogP contribution in [0.15, 0.2) is 36.4 Å². The summed E-state index contributed by atoms with van der Waals surface area (Å²) in [7, 11) is 1.52. The minimum atomic E-state index is -0.575. The lowest BCUT2D eigenvalue weighted by Gasteiger charge is -2.12. The molecule has 0 saturated heterocycles. The first-order valence-corrected chi connectivity index (χ1v) is 5.82. The van der Waals surface area contributed by atoms with Gasteiger partial charge in [0.05, 0.1) is 18.5 Å². The van der Waals surface area contributed by atoms with Crippen molar-refractivity contribution >= 4 is 23.0 Å². The van der Waals surface area contributed by atoms with Crippen molar-refractivity contribution in [2.45, 2.75) is 0 Å². The van der Waals surface area contributed by atoms with Gasteiger partial charge in [-0.1, -0.05) is 17.7 Å². The number of rotatable bonds is 3. The average Bonchev–Trinajstić information content (AvgIpc) is 2.39. The predicted molar refractivity (Wildman–Crippen MR) is 72.4 cm³/mol. The summed E-state index contributed by atoms with van der Waals surface area (Å²) in [5, 5.41) is 12.4. The molecule has 0 aliphatic heterocycles. The molecule has 2 aromatic carbocycles. The monoisotopic (exact) mass is 276 g/mol. The molecule has 0 radical (unpaired) electrons. The summed E-state index contributed by atoms with van der Waals surface area (Å²) < 4.78 is 18.7. The van der Waals surface area contributed by atoms with Crippen LogP contribution in [0.4, 0.5) is 15.8 Å². The van der Waals surface area contributed by atoms with E-state index in [0.717, 1.165) is 0 Å². The van der Waals surface area contributed by atoms with E-state index < -0.39 is 5.82 Å². The molecule has 19 heavy (non-hydrogen) atoms. The number of halogens is 2. The normalized spacial score (nSPS) is 9.79. The summed E-state index contributed by atoms with van der Waals surface area (Å²) in [6.45, 7) is 0. The van der Waals surface area contributed by atoms with Gasteiger partial charge < -0.3 is 10.1 Å². The molecule has 2 rings (SSSR count). The second kappa shape index (κ2) is 5.59. The van der Waals surface area contributed by atoms with Crippen LogP contribution in [0.3, 0.4) is 0 Å². The van der Waals surface area contributed by atoms with Crippen LogP contribution in [0.5, 0.6) is 5.75 Å². The van der Waals surface area contributed by atoms with Gasteiger partial charge in [0.2, 0.25) is 0 Å². The Bertz CT molecular complexity index is 652. The quantitative estimate of drug-likeness (QED) is 0.918. The van der Waals surface area contributed by atoms with Crippen molar-refractivity contribution in [2.24, 2.45) is 0 Å². The van der Waals surface area contributed by atoms with Crippen molar-refractivity contribution in [2.75, 3.05) is 12.4 Å². The molecule has 0 amide bonds. The first-order valence-electron chi connectivity index (χ1n) is 5.45. The van der Waals surface area contributed by atoms with Crippen molar-refractivity contribution in [3.05, 3.63) is 52.8 Å². The summed E-state index contributed by atoms with van der Waals surface area (Å²) in [6.07, 6.45) is 0. The van der Waals surface area contributed by atoms with E-state index >= 15 is 0 Å². The zero-order valence-electron chi connectivity index (χ0n) is 10.1. The average molecular weight is 277 g/mol. The van der Waals surface area contributed by atoms with Crippen molar-refractivity contribution in [1.82, 2.24) is 0 Å². The van der Waals surface area contributed by atoms with E-state index in [4.69, 9.17) is 21.6 Å². The Labute approximate surface area is 115 Å². The zero-order chi connectivity index (χ0) is 13.8. The number of hydrogen-bond donors (Lipinski definition) is 1. The standard InChI is InChI=1S/C14H10ClFN2O/c1-19-14-6-5-9(15)7-13(14)18-12-4-2-3-11(16)10(12)8-17/h2-7,18H,1H3. The number of anilines is 2. The van der Waals surface area contributed by atoms with Gasteiger partial charge in [0.15, 0.2) is 0 Å². The number of hydrogen-bond acceptors (Lipinski definition) is 3. The van der Waals surface area contributed by atoms with Crippen LogP contribution in [0.25, 0.3) is 0 Å². The summed E-state index contributed by atoms with van der Waals surface area (Å²) in [6, 6.07) is 11.2. The van der Waals surface area contributed by atoms with Crippen molar-refractivity contribution in [3.8, 4) is 11.8 Å². The summed E-state index contributed by atoms with van der Waals surface area (Å²) in [5.41, 5.74) is 0.879. The van der Waals surface area contributed by atoms with E-state index in [2.05, 4.69) is 5.32 Å². The second-order valence-electron chi connectivity index (χ2n) is 3.74. The van der Waals surface area contributed by atoms with E-state index in [-0.39, 0.29) is 5.56 Å². The highest BCUT2D eigenvalue weighted by atomic mass is 35.5. The molecule has 5 heteroatoms. The maximum atomic E-state index is 13.5. The van der Waals surface area contributed by atoms with Gasteiger partial charge >= 0.3 is 0 Å². The fraction of sp³-hybridized carbons (Fsp3) is 0.0714. The number of nitrogens with zero attached hydrogens (tertiary/aromatic N) is 1. The molecular weight excluding hydrogens is 267 g/mol. The molecule has 0 aromatic heterocycles. The third-order valence-corrected chi connectivity index (χ3v) is 2.79. The molecule has 0 heterocycles. The SMILES string of the molecule is COc1ccc(Cl)cc1Nc1cccc(F)c1C#N. The van der Waals surface area contributed by atoms with Crippen LogP contribution < -0.4 is 10.1 Å². The van der Waals surface area contributed by atoms with Crippen molar-refractivity contribution in [1.29, 1.82) is 5.26 Å². The van der Waals surface area contributed by atoms with Gasteiger partial charge in [-0.3, -0.25) is 0 Å². The fourth-order valence-corrected chi connectivity index (χ4v) is 1.84. The van der Waals surface area contributed by atoms with Crippen LogP contribution in [-0.4, -0.2) is 7.11 Å². The number of nitrogens with one attached hydrogen (secondary N) is 1. The van der Waals surface area contributed by atoms with Gasteiger partial charge in [-0.2, -0.15) is 5.26 Å². The molecule has 0 bridgehead atoms. The number of benzene rings is 2. The van der Waals surface area contributed by atoms with Gasteiger partial charge in [-0.25, -0.2) is 4.39 Å².